The molecule has 27 heavy (non-hydrogen) atoms. The molecule has 0 saturated carbocycles. The zero-order valence-corrected chi connectivity index (χ0v) is 14.0. The minimum absolute atomic E-state index is 0.00931. The standard InChI is InChI=1S/C18H16F5NO3/c19-12-1-9(2-13(20)16(12)23)6-25-17-14(21)3-11(4-15(17)22)18-26-7-10(5-24)8-27-18/h1-4,10,18H,5-8,24H2. The zero-order chi connectivity index (χ0) is 19.6. The van der Waals surface area contributed by atoms with Crippen LogP contribution in [0.4, 0.5) is 22.0 Å². The fraction of sp³-hybridized carbons (Fsp3) is 0.333. The van der Waals surface area contributed by atoms with Crippen LogP contribution >= 0.6 is 0 Å². The van der Waals surface area contributed by atoms with E-state index >= 15 is 0 Å². The van der Waals surface area contributed by atoms with Gasteiger partial charge < -0.3 is 19.9 Å². The molecule has 0 unspecified atom stereocenters. The van der Waals surface area contributed by atoms with Crippen molar-refractivity contribution in [2.24, 2.45) is 11.7 Å². The van der Waals surface area contributed by atoms with Crippen molar-refractivity contribution in [2.45, 2.75) is 12.9 Å². The number of hydrogen-bond acceptors (Lipinski definition) is 4. The van der Waals surface area contributed by atoms with E-state index in [2.05, 4.69) is 0 Å². The summed E-state index contributed by atoms with van der Waals surface area (Å²) < 4.78 is 83.5. The van der Waals surface area contributed by atoms with Crippen molar-refractivity contribution in [3.05, 3.63) is 64.5 Å². The molecule has 1 aliphatic rings. The first-order valence-electron chi connectivity index (χ1n) is 8.07. The molecule has 0 spiro atoms. The lowest BCUT2D eigenvalue weighted by atomic mass is 10.1. The van der Waals surface area contributed by atoms with Crippen molar-refractivity contribution in [3.8, 4) is 5.75 Å². The fourth-order valence-corrected chi connectivity index (χ4v) is 2.57. The van der Waals surface area contributed by atoms with Gasteiger partial charge in [0.05, 0.1) is 13.2 Å². The summed E-state index contributed by atoms with van der Waals surface area (Å²) in [5, 5.41) is 0. The lowest BCUT2D eigenvalue weighted by Gasteiger charge is -2.29. The Balaban J connectivity index is 1.72. The second-order valence-corrected chi connectivity index (χ2v) is 6.08. The van der Waals surface area contributed by atoms with E-state index in [1.54, 1.807) is 0 Å². The van der Waals surface area contributed by atoms with Crippen molar-refractivity contribution in [1.82, 2.24) is 0 Å². The summed E-state index contributed by atoms with van der Waals surface area (Å²) in [6.07, 6.45) is -0.939. The lowest BCUT2D eigenvalue weighted by molar-refractivity contribution is -0.203. The third kappa shape index (κ3) is 4.37. The molecule has 0 radical (unpaired) electrons. The Morgan fingerprint density at radius 1 is 0.889 bits per heavy atom. The molecule has 146 valence electrons. The first-order chi connectivity index (χ1) is 12.9. The molecule has 1 saturated heterocycles. The van der Waals surface area contributed by atoms with Gasteiger partial charge in [-0.2, -0.15) is 0 Å². The summed E-state index contributed by atoms with van der Waals surface area (Å²) >= 11 is 0. The van der Waals surface area contributed by atoms with Crippen molar-refractivity contribution in [2.75, 3.05) is 19.8 Å². The Kier molecular flexibility index (Phi) is 5.93. The second kappa shape index (κ2) is 8.20. The van der Waals surface area contributed by atoms with Gasteiger partial charge in [0.1, 0.15) is 6.61 Å². The largest absolute Gasteiger partial charge is 0.483 e. The third-order valence-corrected chi connectivity index (χ3v) is 4.02. The fourth-order valence-electron chi connectivity index (χ4n) is 2.57. The molecule has 2 aromatic rings. The van der Waals surface area contributed by atoms with Crippen LogP contribution in [0.3, 0.4) is 0 Å². The Morgan fingerprint density at radius 2 is 1.44 bits per heavy atom. The summed E-state index contributed by atoms with van der Waals surface area (Å²) in [5.74, 6) is -7.29. The van der Waals surface area contributed by atoms with Gasteiger partial charge in [-0.15, -0.1) is 0 Å². The summed E-state index contributed by atoms with van der Waals surface area (Å²) in [6, 6.07) is 3.33. The van der Waals surface area contributed by atoms with E-state index in [0.29, 0.717) is 31.9 Å². The van der Waals surface area contributed by atoms with Gasteiger partial charge in [0, 0.05) is 11.5 Å². The van der Waals surface area contributed by atoms with Crippen molar-refractivity contribution >= 4 is 0 Å². The van der Waals surface area contributed by atoms with Gasteiger partial charge in [-0.3, -0.25) is 0 Å². The van der Waals surface area contributed by atoms with E-state index < -0.39 is 47.7 Å². The van der Waals surface area contributed by atoms with Gasteiger partial charge in [0.2, 0.25) is 0 Å². The summed E-state index contributed by atoms with van der Waals surface area (Å²) in [7, 11) is 0. The summed E-state index contributed by atoms with van der Waals surface area (Å²) in [6.45, 7) is 0.400. The highest BCUT2D eigenvalue weighted by atomic mass is 19.2. The Morgan fingerprint density at radius 3 is 1.96 bits per heavy atom. The topological polar surface area (TPSA) is 53.7 Å². The number of benzene rings is 2. The average molecular weight is 389 g/mol. The molecule has 4 nitrogen and oxygen atoms in total. The molecule has 2 N–H and O–H groups in total. The highest BCUT2D eigenvalue weighted by molar-refractivity contribution is 5.32. The zero-order valence-electron chi connectivity index (χ0n) is 14.0. The van der Waals surface area contributed by atoms with Crippen molar-refractivity contribution < 1.29 is 36.2 Å². The van der Waals surface area contributed by atoms with E-state index in [9.17, 15) is 22.0 Å². The van der Waals surface area contributed by atoms with Gasteiger partial charge in [-0.1, -0.05) is 0 Å². The number of rotatable bonds is 5. The van der Waals surface area contributed by atoms with E-state index in [1.165, 1.54) is 0 Å². The first kappa shape index (κ1) is 19.5. The number of hydrogen-bond donors (Lipinski definition) is 1. The number of halogens is 5. The van der Waals surface area contributed by atoms with Crippen LogP contribution in [0.2, 0.25) is 0 Å². The molecule has 0 atom stereocenters. The quantitative estimate of drug-likeness (QED) is 0.628. The molecule has 3 rings (SSSR count). The van der Waals surface area contributed by atoms with Crippen LogP contribution in [-0.2, 0) is 16.1 Å². The van der Waals surface area contributed by atoms with Gasteiger partial charge in [-0.05, 0) is 36.4 Å². The Hall–Kier alpha value is -2.23. The van der Waals surface area contributed by atoms with Gasteiger partial charge in [-0.25, -0.2) is 22.0 Å². The molecule has 1 aliphatic heterocycles. The third-order valence-electron chi connectivity index (χ3n) is 4.02. The van der Waals surface area contributed by atoms with Crippen LogP contribution in [0.5, 0.6) is 5.75 Å². The molecule has 1 fully saturated rings. The Bertz CT molecular complexity index is 779. The predicted octanol–water partition coefficient (Wildman–Crippen LogP) is 3.58. The van der Waals surface area contributed by atoms with Crippen LogP contribution in [0.1, 0.15) is 17.4 Å². The lowest BCUT2D eigenvalue weighted by Crippen LogP contribution is -2.32. The molecular formula is C18H16F5NO3. The molecule has 0 aliphatic carbocycles. The maximum atomic E-state index is 14.2. The first-order valence-corrected chi connectivity index (χ1v) is 8.07. The van der Waals surface area contributed by atoms with Gasteiger partial charge in [0.15, 0.2) is 41.1 Å². The molecule has 1 heterocycles. The van der Waals surface area contributed by atoms with Crippen molar-refractivity contribution in [1.29, 1.82) is 0 Å². The van der Waals surface area contributed by atoms with Crippen molar-refractivity contribution in [3.63, 3.8) is 0 Å². The predicted molar refractivity (Wildman–Crippen MR) is 84.2 cm³/mol. The highest BCUT2D eigenvalue weighted by Gasteiger charge is 2.25. The van der Waals surface area contributed by atoms with Crippen LogP contribution < -0.4 is 10.5 Å². The van der Waals surface area contributed by atoms with Gasteiger partial charge in [0.25, 0.3) is 0 Å². The molecule has 0 amide bonds. The maximum Gasteiger partial charge on any atom is 0.194 e. The molecule has 0 bridgehead atoms. The second-order valence-electron chi connectivity index (χ2n) is 6.08. The number of nitrogens with two attached hydrogens (primary N) is 1. The molecular weight excluding hydrogens is 373 g/mol. The average Bonchev–Trinajstić information content (AvgIpc) is 2.65. The number of ether oxygens (including phenoxy) is 3. The smallest absolute Gasteiger partial charge is 0.194 e. The summed E-state index contributed by atoms with van der Waals surface area (Å²) in [5.41, 5.74) is 5.49. The highest BCUT2D eigenvalue weighted by Crippen LogP contribution is 2.31. The van der Waals surface area contributed by atoms with Crippen LogP contribution in [0, 0.1) is 35.0 Å². The summed E-state index contributed by atoms with van der Waals surface area (Å²) in [4.78, 5) is 0. The minimum atomic E-state index is -1.63. The van der Waals surface area contributed by atoms with E-state index in [-0.39, 0.29) is 17.0 Å². The maximum absolute atomic E-state index is 14.2. The monoisotopic (exact) mass is 389 g/mol. The molecule has 2 aromatic carbocycles. The normalized spacial score (nSPS) is 19.9. The minimum Gasteiger partial charge on any atom is -0.483 e. The van der Waals surface area contributed by atoms with Crippen LogP contribution in [-0.4, -0.2) is 19.8 Å². The van der Waals surface area contributed by atoms with E-state index in [1.807, 2.05) is 0 Å². The molecule has 0 aromatic heterocycles. The molecule has 9 heteroatoms. The Labute approximate surface area is 151 Å². The SMILES string of the molecule is NCC1COC(c2cc(F)c(OCc3cc(F)c(F)c(F)c3)c(F)c2)OC1. The van der Waals surface area contributed by atoms with E-state index in [0.717, 1.165) is 12.1 Å². The van der Waals surface area contributed by atoms with Gasteiger partial charge >= 0.3 is 0 Å². The van der Waals surface area contributed by atoms with Crippen LogP contribution in [0.15, 0.2) is 24.3 Å². The van der Waals surface area contributed by atoms with E-state index in [4.69, 9.17) is 19.9 Å². The van der Waals surface area contributed by atoms with Crippen LogP contribution in [0.25, 0.3) is 0 Å².